The van der Waals surface area contributed by atoms with Crippen molar-refractivity contribution in [2.45, 2.75) is 12.8 Å². The van der Waals surface area contributed by atoms with Gasteiger partial charge < -0.3 is 10.2 Å². The van der Waals surface area contributed by atoms with Crippen LogP contribution in [0.2, 0.25) is 5.15 Å². The van der Waals surface area contributed by atoms with Gasteiger partial charge in [-0.05, 0) is 37.1 Å². The Morgan fingerprint density at radius 2 is 2.23 bits per heavy atom. The number of fused-ring (bicyclic) bond motifs is 1. The van der Waals surface area contributed by atoms with E-state index in [1.165, 1.54) is 23.6 Å². The van der Waals surface area contributed by atoms with Crippen LogP contribution in [0, 0.1) is 11.7 Å². The molecule has 2 aromatic heterocycles. The third-order valence-electron chi connectivity index (χ3n) is 4.42. The average Bonchev–Trinajstić information content (AvgIpc) is 3.09. The number of piperidine rings is 1. The normalized spacial score (nSPS) is 17.5. The molecule has 3 aromatic rings. The summed E-state index contributed by atoms with van der Waals surface area (Å²) in [6, 6.07) is 8.33. The van der Waals surface area contributed by atoms with Crippen LogP contribution in [0.3, 0.4) is 0 Å². The van der Waals surface area contributed by atoms with Crippen LogP contribution >= 0.6 is 22.9 Å². The minimum absolute atomic E-state index is 0.0499. The first-order valence-corrected chi connectivity index (χ1v) is 9.52. The Morgan fingerprint density at radius 3 is 3.00 bits per heavy atom. The van der Waals surface area contributed by atoms with E-state index < -0.39 is 0 Å². The minimum Gasteiger partial charge on any atom is -0.347 e. The van der Waals surface area contributed by atoms with Gasteiger partial charge in [0.25, 0.3) is 0 Å². The lowest BCUT2D eigenvalue weighted by Gasteiger charge is -2.31. The number of hydrogen-bond donors (Lipinski definition) is 1. The van der Waals surface area contributed by atoms with Crippen LogP contribution in [0.25, 0.3) is 10.2 Å². The smallest absolute Gasteiger partial charge is 0.229 e. The van der Waals surface area contributed by atoms with Crippen molar-refractivity contribution >= 4 is 49.9 Å². The molecular weight excluding hydrogens is 375 g/mol. The second-order valence-electron chi connectivity index (χ2n) is 6.23. The van der Waals surface area contributed by atoms with E-state index in [1.807, 2.05) is 6.07 Å². The number of anilines is 2. The lowest BCUT2D eigenvalue weighted by molar-refractivity contribution is -0.120. The van der Waals surface area contributed by atoms with E-state index >= 15 is 0 Å². The highest BCUT2D eigenvalue weighted by molar-refractivity contribution is 7.22. The third-order valence-corrected chi connectivity index (χ3v) is 5.72. The Morgan fingerprint density at radius 1 is 1.35 bits per heavy atom. The van der Waals surface area contributed by atoms with Crippen molar-refractivity contribution in [1.82, 2.24) is 9.97 Å². The minimum atomic E-state index is -0.313. The highest BCUT2D eigenvalue weighted by Crippen LogP contribution is 2.32. The Balaban J connectivity index is 1.48. The molecule has 134 valence electrons. The zero-order valence-corrected chi connectivity index (χ0v) is 15.4. The number of benzene rings is 1. The molecule has 0 bridgehead atoms. The quantitative estimate of drug-likeness (QED) is 0.676. The summed E-state index contributed by atoms with van der Waals surface area (Å²) in [6.45, 7) is 1.38. The van der Waals surface area contributed by atoms with Gasteiger partial charge in [0.15, 0.2) is 5.13 Å². The van der Waals surface area contributed by atoms with Crippen LogP contribution in [0.4, 0.5) is 15.2 Å². The van der Waals surface area contributed by atoms with E-state index in [2.05, 4.69) is 20.2 Å². The number of hydrogen-bond acceptors (Lipinski definition) is 5. The third kappa shape index (κ3) is 3.50. The fraction of sp³-hybridized carbons (Fsp3) is 0.278. The van der Waals surface area contributed by atoms with E-state index in [0.29, 0.717) is 22.9 Å². The molecule has 1 N–H and O–H groups in total. The zero-order chi connectivity index (χ0) is 18.1. The number of pyridine rings is 1. The van der Waals surface area contributed by atoms with Crippen molar-refractivity contribution in [2.24, 2.45) is 5.92 Å². The second kappa shape index (κ2) is 7.17. The number of aromatic nitrogens is 2. The molecular formula is C18H16ClFN4OS. The molecule has 0 spiro atoms. The molecule has 1 atom stereocenters. The summed E-state index contributed by atoms with van der Waals surface area (Å²) in [5, 5.41) is 4.03. The molecule has 8 heteroatoms. The molecule has 26 heavy (non-hydrogen) atoms. The van der Waals surface area contributed by atoms with Crippen LogP contribution in [0.1, 0.15) is 12.8 Å². The van der Waals surface area contributed by atoms with E-state index in [4.69, 9.17) is 11.6 Å². The van der Waals surface area contributed by atoms with Gasteiger partial charge in [0.1, 0.15) is 16.5 Å². The van der Waals surface area contributed by atoms with Crippen molar-refractivity contribution in [3.05, 3.63) is 47.5 Å². The first-order chi connectivity index (χ1) is 12.6. The summed E-state index contributed by atoms with van der Waals surface area (Å²) in [6.07, 6.45) is 3.23. The van der Waals surface area contributed by atoms with Crippen LogP contribution in [-0.4, -0.2) is 29.0 Å². The molecule has 0 radical (unpaired) electrons. The number of rotatable bonds is 3. The monoisotopic (exact) mass is 390 g/mol. The van der Waals surface area contributed by atoms with Crippen molar-refractivity contribution in [1.29, 1.82) is 0 Å². The van der Waals surface area contributed by atoms with Gasteiger partial charge in [-0.2, -0.15) is 0 Å². The summed E-state index contributed by atoms with van der Waals surface area (Å²) in [4.78, 5) is 23.1. The summed E-state index contributed by atoms with van der Waals surface area (Å²) in [7, 11) is 0. The molecule has 0 saturated carbocycles. The summed E-state index contributed by atoms with van der Waals surface area (Å²) < 4.78 is 14.7. The molecule has 5 nitrogen and oxygen atoms in total. The van der Waals surface area contributed by atoms with Gasteiger partial charge in [0.2, 0.25) is 5.91 Å². The van der Waals surface area contributed by atoms with E-state index in [9.17, 15) is 9.18 Å². The predicted octanol–water partition coefficient (Wildman–Crippen LogP) is 4.34. The van der Waals surface area contributed by atoms with Crippen molar-refractivity contribution < 1.29 is 9.18 Å². The maximum absolute atomic E-state index is 13.9. The second-order valence-corrected chi connectivity index (χ2v) is 7.62. The number of para-hydroxylation sites is 1. The number of nitrogens with one attached hydrogen (secondary N) is 1. The van der Waals surface area contributed by atoms with Gasteiger partial charge in [-0.3, -0.25) is 4.79 Å². The number of thiazole rings is 1. The molecule has 1 amide bonds. The fourth-order valence-electron chi connectivity index (χ4n) is 3.10. The number of carbonyl (C=O) groups is 1. The largest absolute Gasteiger partial charge is 0.347 e. The van der Waals surface area contributed by atoms with Gasteiger partial charge in [-0.15, -0.1) is 0 Å². The fourth-order valence-corrected chi connectivity index (χ4v) is 4.22. The van der Waals surface area contributed by atoms with Crippen molar-refractivity contribution in [3.8, 4) is 0 Å². The number of amides is 1. The maximum Gasteiger partial charge on any atom is 0.229 e. The van der Waals surface area contributed by atoms with Crippen LogP contribution in [0.15, 0.2) is 36.5 Å². The summed E-state index contributed by atoms with van der Waals surface area (Å²) in [5.41, 5.74) is 1.02. The topological polar surface area (TPSA) is 58.1 Å². The van der Waals surface area contributed by atoms with Crippen LogP contribution in [0.5, 0.6) is 0 Å². The van der Waals surface area contributed by atoms with Gasteiger partial charge in [-0.1, -0.05) is 29.0 Å². The number of halogens is 2. The molecule has 0 aliphatic carbocycles. The number of nitrogens with zero attached hydrogens (tertiary/aromatic N) is 3. The Bertz CT molecular complexity index is 946. The van der Waals surface area contributed by atoms with Crippen molar-refractivity contribution in [2.75, 3.05) is 23.3 Å². The van der Waals surface area contributed by atoms with E-state index in [1.54, 1.807) is 18.2 Å². The molecule has 1 fully saturated rings. The Hall–Kier alpha value is -2.25. The lowest BCUT2D eigenvalue weighted by Crippen LogP contribution is -2.40. The SMILES string of the molecule is O=C(Nc1ccc(Cl)nc1)C1CCCN(c2nc3c(F)cccc3s2)C1. The molecule has 4 rings (SSSR count). The zero-order valence-electron chi connectivity index (χ0n) is 13.8. The van der Waals surface area contributed by atoms with Gasteiger partial charge >= 0.3 is 0 Å². The van der Waals surface area contributed by atoms with E-state index in [-0.39, 0.29) is 17.6 Å². The lowest BCUT2D eigenvalue weighted by atomic mass is 9.97. The maximum atomic E-state index is 13.9. The van der Waals surface area contributed by atoms with Gasteiger partial charge in [0.05, 0.1) is 22.5 Å². The highest BCUT2D eigenvalue weighted by atomic mass is 35.5. The summed E-state index contributed by atoms with van der Waals surface area (Å²) >= 11 is 7.22. The average molecular weight is 391 g/mol. The van der Waals surface area contributed by atoms with Gasteiger partial charge in [0, 0.05) is 13.1 Å². The molecule has 3 heterocycles. The molecule has 1 aromatic carbocycles. The van der Waals surface area contributed by atoms with E-state index in [0.717, 1.165) is 29.2 Å². The van der Waals surface area contributed by atoms with Crippen LogP contribution in [-0.2, 0) is 4.79 Å². The summed E-state index contributed by atoms with van der Waals surface area (Å²) in [5.74, 6) is -0.519. The molecule has 1 aliphatic heterocycles. The molecule has 1 aliphatic rings. The predicted molar refractivity (Wildman–Crippen MR) is 102 cm³/mol. The molecule has 1 unspecified atom stereocenters. The van der Waals surface area contributed by atoms with Gasteiger partial charge in [-0.25, -0.2) is 14.4 Å². The highest BCUT2D eigenvalue weighted by Gasteiger charge is 2.27. The Labute approximate surface area is 158 Å². The number of carbonyl (C=O) groups excluding carboxylic acids is 1. The Kier molecular flexibility index (Phi) is 4.74. The van der Waals surface area contributed by atoms with Crippen molar-refractivity contribution in [3.63, 3.8) is 0 Å². The standard InChI is InChI=1S/C18H16ClFN4OS/c19-15-7-6-12(9-21-15)22-17(25)11-3-2-8-24(10-11)18-23-16-13(20)4-1-5-14(16)26-18/h1,4-7,9,11H,2-3,8,10H2,(H,22,25). The van der Waals surface area contributed by atoms with Crippen LogP contribution < -0.4 is 10.2 Å². The molecule has 1 saturated heterocycles. The first-order valence-electron chi connectivity index (χ1n) is 8.32. The first kappa shape index (κ1) is 17.2.